The van der Waals surface area contributed by atoms with Crippen LogP contribution in [0.25, 0.3) is 22.1 Å². The molecule has 0 aliphatic heterocycles. The first-order chi connectivity index (χ1) is 11.7. The molecule has 0 radical (unpaired) electrons. The summed E-state index contributed by atoms with van der Waals surface area (Å²) < 4.78 is 32.5. The van der Waals surface area contributed by atoms with Crippen LogP contribution >= 0.6 is 0 Å². The average molecular weight is 361 g/mol. The molecule has 0 N–H and O–H groups in total. The number of fused-ring (bicyclic) bond motifs is 1. The van der Waals surface area contributed by atoms with Gasteiger partial charge in [0.2, 0.25) is 0 Å². The Morgan fingerprint density at radius 3 is 2.40 bits per heavy atom. The maximum atomic E-state index is 12.6. The standard InChI is InChI=1S/C16H11NO7S/c1-25(21,22)24-12-6-7-13-15(8-12)23-9-14(16(13)18)10-2-4-11(5-3-10)17(19)20/h2-9H,1H3. The van der Waals surface area contributed by atoms with Crippen molar-refractivity contribution in [2.45, 2.75) is 0 Å². The molecule has 0 saturated heterocycles. The Hall–Kier alpha value is -3.20. The number of benzene rings is 2. The van der Waals surface area contributed by atoms with Gasteiger partial charge in [-0.2, -0.15) is 8.42 Å². The highest BCUT2D eigenvalue weighted by Gasteiger charge is 2.13. The number of hydrogen-bond donors (Lipinski definition) is 0. The van der Waals surface area contributed by atoms with Crippen LogP contribution in [0.5, 0.6) is 5.75 Å². The van der Waals surface area contributed by atoms with Crippen molar-refractivity contribution < 1.29 is 21.9 Å². The molecule has 0 saturated carbocycles. The van der Waals surface area contributed by atoms with E-state index in [1.165, 1.54) is 48.7 Å². The molecule has 0 amide bonds. The molecule has 1 heterocycles. The fourth-order valence-corrected chi connectivity index (χ4v) is 2.75. The molecular formula is C16H11NO7S. The van der Waals surface area contributed by atoms with Crippen LogP contribution in [0.2, 0.25) is 0 Å². The smallest absolute Gasteiger partial charge is 0.306 e. The van der Waals surface area contributed by atoms with Crippen molar-refractivity contribution in [3.8, 4) is 16.9 Å². The maximum Gasteiger partial charge on any atom is 0.306 e. The molecule has 0 aliphatic carbocycles. The van der Waals surface area contributed by atoms with Gasteiger partial charge in [-0.15, -0.1) is 0 Å². The zero-order valence-electron chi connectivity index (χ0n) is 12.8. The minimum atomic E-state index is -3.69. The number of nitrogens with zero attached hydrogens (tertiary/aromatic N) is 1. The molecular weight excluding hydrogens is 350 g/mol. The van der Waals surface area contributed by atoms with Crippen LogP contribution in [0.4, 0.5) is 5.69 Å². The first kappa shape index (κ1) is 16.7. The van der Waals surface area contributed by atoms with Crippen molar-refractivity contribution in [3.63, 3.8) is 0 Å². The predicted octanol–water partition coefficient (Wildman–Crippen LogP) is 2.71. The zero-order chi connectivity index (χ0) is 18.2. The van der Waals surface area contributed by atoms with Crippen LogP contribution in [0.3, 0.4) is 0 Å². The zero-order valence-corrected chi connectivity index (χ0v) is 13.6. The average Bonchev–Trinajstić information content (AvgIpc) is 2.54. The lowest BCUT2D eigenvalue weighted by Gasteiger charge is -2.05. The molecule has 0 fully saturated rings. The Morgan fingerprint density at radius 1 is 1.12 bits per heavy atom. The van der Waals surface area contributed by atoms with Crippen LogP contribution in [0.1, 0.15) is 0 Å². The molecule has 0 atom stereocenters. The van der Waals surface area contributed by atoms with Gasteiger partial charge in [-0.05, 0) is 29.8 Å². The van der Waals surface area contributed by atoms with Gasteiger partial charge < -0.3 is 8.60 Å². The Labute approximate surface area is 141 Å². The van der Waals surface area contributed by atoms with E-state index in [0.29, 0.717) is 5.56 Å². The van der Waals surface area contributed by atoms with E-state index < -0.39 is 15.0 Å². The van der Waals surface area contributed by atoms with Crippen molar-refractivity contribution in [1.29, 1.82) is 0 Å². The highest BCUT2D eigenvalue weighted by molar-refractivity contribution is 7.86. The van der Waals surface area contributed by atoms with Crippen molar-refractivity contribution in [2.75, 3.05) is 6.26 Å². The van der Waals surface area contributed by atoms with Gasteiger partial charge >= 0.3 is 10.1 Å². The lowest BCUT2D eigenvalue weighted by Crippen LogP contribution is -2.07. The summed E-state index contributed by atoms with van der Waals surface area (Å²) in [5.74, 6) is 0.0289. The predicted molar refractivity (Wildman–Crippen MR) is 90.0 cm³/mol. The fourth-order valence-electron chi connectivity index (χ4n) is 2.30. The summed E-state index contributed by atoms with van der Waals surface area (Å²) in [6.07, 6.45) is 2.13. The van der Waals surface area contributed by atoms with Crippen LogP contribution in [0.15, 0.2) is 57.9 Å². The Kier molecular flexibility index (Phi) is 4.01. The minimum absolute atomic E-state index is 0.0289. The van der Waals surface area contributed by atoms with Gasteiger partial charge in [-0.1, -0.05) is 0 Å². The van der Waals surface area contributed by atoms with Gasteiger partial charge in [0.05, 0.1) is 22.1 Å². The molecule has 0 unspecified atom stereocenters. The van der Waals surface area contributed by atoms with E-state index in [4.69, 9.17) is 8.60 Å². The van der Waals surface area contributed by atoms with Crippen molar-refractivity contribution in [1.82, 2.24) is 0 Å². The molecule has 8 nitrogen and oxygen atoms in total. The normalized spacial score (nSPS) is 11.4. The molecule has 3 aromatic rings. The van der Waals surface area contributed by atoms with Gasteiger partial charge in [0.1, 0.15) is 17.6 Å². The quantitative estimate of drug-likeness (QED) is 0.398. The Bertz CT molecular complexity index is 1130. The number of non-ortho nitro benzene ring substituents is 1. The first-order valence-electron chi connectivity index (χ1n) is 6.94. The Balaban J connectivity index is 2.07. The van der Waals surface area contributed by atoms with Gasteiger partial charge in [0, 0.05) is 18.2 Å². The molecule has 0 aliphatic rings. The molecule has 2 aromatic carbocycles. The van der Waals surface area contributed by atoms with Crippen LogP contribution in [0, 0.1) is 10.1 Å². The van der Waals surface area contributed by atoms with Crippen molar-refractivity contribution in [3.05, 3.63) is 69.1 Å². The molecule has 25 heavy (non-hydrogen) atoms. The van der Waals surface area contributed by atoms with Crippen LogP contribution < -0.4 is 9.61 Å². The number of nitro groups is 1. The maximum absolute atomic E-state index is 12.6. The summed E-state index contributed by atoms with van der Waals surface area (Å²) in [5, 5.41) is 10.9. The first-order valence-corrected chi connectivity index (χ1v) is 8.76. The summed E-state index contributed by atoms with van der Waals surface area (Å²) in [6.45, 7) is 0. The van der Waals surface area contributed by atoms with Gasteiger partial charge in [0.15, 0.2) is 5.43 Å². The largest absolute Gasteiger partial charge is 0.463 e. The molecule has 128 valence electrons. The molecule has 9 heteroatoms. The third-order valence-electron chi connectivity index (χ3n) is 3.38. The summed E-state index contributed by atoms with van der Waals surface area (Å²) in [4.78, 5) is 22.8. The van der Waals surface area contributed by atoms with Gasteiger partial charge in [-0.3, -0.25) is 14.9 Å². The molecule has 1 aromatic heterocycles. The second kappa shape index (κ2) is 6.02. The van der Waals surface area contributed by atoms with Crippen molar-refractivity contribution in [2.24, 2.45) is 0 Å². The Morgan fingerprint density at radius 2 is 1.80 bits per heavy atom. The van der Waals surface area contributed by atoms with E-state index in [1.54, 1.807) is 0 Å². The van der Waals surface area contributed by atoms with E-state index in [0.717, 1.165) is 6.26 Å². The minimum Gasteiger partial charge on any atom is -0.463 e. The number of hydrogen-bond acceptors (Lipinski definition) is 7. The van der Waals surface area contributed by atoms with E-state index in [1.807, 2.05) is 0 Å². The highest BCUT2D eigenvalue weighted by Crippen LogP contribution is 2.25. The van der Waals surface area contributed by atoms with E-state index in [2.05, 4.69) is 0 Å². The number of nitro benzene ring substituents is 1. The lowest BCUT2D eigenvalue weighted by atomic mass is 10.1. The topological polar surface area (TPSA) is 117 Å². The third-order valence-corrected chi connectivity index (χ3v) is 3.88. The monoisotopic (exact) mass is 361 g/mol. The van der Waals surface area contributed by atoms with Gasteiger partial charge in [0.25, 0.3) is 5.69 Å². The van der Waals surface area contributed by atoms with E-state index in [9.17, 15) is 23.3 Å². The van der Waals surface area contributed by atoms with Crippen LogP contribution in [-0.2, 0) is 10.1 Å². The van der Waals surface area contributed by atoms with Crippen LogP contribution in [-0.4, -0.2) is 19.6 Å². The third kappa shape index (κ3) is 3.50. The summed E-state index contributed by atoms with van der Waals surface area (Å²) in [7, 11) is -3.69. The van der Waals surface area contributed by atoms with Crippen molar-refractivity contribution >= 4 is 26.8 Å². The van der Waals surface area contributed by atoms with Gasteiger partial charge in [-0.25, -0.2) is 0 Å². The summed E-state index contributed by atoms with van der Waals surface area (Å²) >= 11 is 0. The lowest BCUT2D eigenvalue weighted by molar-refractivity contribution is -0.384. The molecule has 0 spiro atoms. The summed E-state index contributed by atoms with van der Waals surface area (Å²) in [5.41, 5.74) is 0.436. The van der Waals surface area contributed by atoms with E-state index >= 15 is 0 Å². The molecule has 3 rings (SSSR count). The second-order valence-electron chi connectivity index (χ2n) is 5.23. The highest BCUT2D eigenvalue weighted by atomic mass is 32.2. The SMILES string of the molecule is CS(=O)(=O)Oc1ccc2c(=O)c(-c3ccc([N+](=O)[O-])cc3)coc2c1. The summed E-state index contributed by atoms with van der Waals surface area (Å²) in [6, 6.07) is 9.55. The fraction of sp³-hybridized carbons (Fsp3) is 0.0625. The second-order valence-corrected chi connectivity index (χ2v) is 6.80. The molecule has 0 bridgehead atoms. The number of rotatable bonds is 4. The van der Waals surface area contributed by atoms with E-state index in [-0.39, 0.29) is 33.4 Å².